The minimum Gasteiger partial charge on any atom is -0.347 e. The van der Waals surface area contributed by atoms with Gasteiger partial charge in [0.15, 0.2) is 5.79 Å². The summed E-state index contributed by atoms with van der Waals surface area (Å²) >= 11 is 0. The van der Waals surface area contributed by atoms with Gasteiger partial charge >= 0.3 is 6.18 Å². The molecule has 2 aliphatic rings. The van der Waals surface area contributed by atoms with Crippen molar-refractivity contribution >= 4 is 0 Å². The summed E-state index contributed by atoms with van der Waals surface area (Å²) in [5.41, 5.74) is 0.706. The fraction of sp³-hybridized carbons (Fsp3) is 0.500. The second kappa shape index (κ2) is 5.56. The average Bonchev–Trinajstić information content (AvgIpc) is 3.14. The Morgan fingerprint density at radius 1 is 1.21 bits per heavy atom. The number of hydrogen-bond acceptors (Lipinski definition) is 4. The van der Waals surface area contributed by atoms with E-state index in [2.05, 4.69) is 10.3 Å². The van der Waals surface area contributed by atoms with Gasteiger partial charge in [-0.1, -0.05) is 17.3 Å². The average molecular weight is 339 g/mol. The summed E-state index contributed by atoms with van der Waals surface area (Å²) in [5.74, 6) is -0.228. The van der Waals surface area contributed by atoms with Gasteiger partial charge in [0.2, 0.25) is 0 Å². The van der Waals surface area contributed by atoms with Crippen LogP contribution in [0.5, 0.6) is 0 Å². The first-order valence-electron chi connectivity index (χ1n) is 7.78. The molecule has 2 aromatic rings. The molecule has 128 valence electrons. The summed E-state index contributed by atoms with van der Waals surface area (Å²) in [4.78, 5) is 0. The second-order valence-electron chi connectivity index (χ2n) is 6.25. The summed E-state index contributed by atoms with van der Waals surface area (Å²) < 4.78 is 51.0. The third-order valence-corrected chi connectivity index (χ3v) is 4.50. The van der Waals surface area contributed by atoms with Gasteiger partial charge in [-0.3, -0.25) is 0 Å². The van der Waals surface area contributed by atoms with E-state index in [1.54, 1.807) is 16.9 Å². The van der Waals surface area contributed by atoms with E-state index in [-0.39, 0.29) is 12.5 Å². The van der Waals surface area contributed by atoms with Crippen LogP contribution in [0, 0.1) is 0 Å². The lowest BCUT2D eigenvalue weighted by molar-refractivity contribution is -0.216. The zero-order valence-corrected chi connectivity index (χ0v) is 12.8. The Morgan fingerprint density at radius 3 is 2.67 bits per heavy atom. The lowest BCUT2D eigenvalue weighted by atomic mass is 9.77. The van der Waals surface area contributed by atoms with Crippen molar-refractivity contribution < 1.29 is 22.6 Å². The number of benzene rings is 1. The molecule has 1 aromatic heterocycles. The van der Waals surface area contributed by atoms with Crippen LogP contribution in [0.2, 0.25) is 0 Å². The molecule has 0 atom stereocenters. The fourth-order valence-electron chi connectivity index (χ4n) is 3.24. The normalized spacial score (nSPS) is 20.5. The molecule has 0 unspecified atom stereocenters. The van der Waals surface area contributed by atoms with Crippen LogP contribution in [0.3, 0.4) is 0 Å². The number of aromatic nitrogens is 3. The Labute approximate surface area is 136 Å². The Hall–Kier alpha value is -1.93. The number of alkyl halides is 3. The van der Waals surface area contributed by atoms with Crippen LogP contribution < -0.4 is 0 Å². The predicted octanol–water partition coefficient (Wildman–Crippen LogP) is 2.97. The van der Waals surface area contributed by atoms with E-state index in [1.807, 2.05) is 0 Å². The van der Waals surface area contributed by atoms with E-state index in [0.717, 1.165) is 30.7 Å². The second-order valence-corrected chi connectivity index (χ2v) is 6.25. The Kier molecular flexibility index (Phi) is 3.61. The molecule has 0 radical (unpaired) electrons. The molecule has 1 aromatic carbocycles. The predicted molar refractivity (Wildman–Crippen MR) is 77.2 cm³/mol. The molecule has 2 fully saturated rings. The lowest BCUT2D eigenvalue weighted by Crippen LogP contribution is -2.43. The largest absolute Gasteiger partial charge is 0.416 e. The summed E-state index contributed by atoms with van der Waals surface area (Å²) in [6.07, 6.45) is -1.07. The maximum absolute atomic E-state index is 12.8. The maximum atomic E-state index is 12.8. The third-order valence-electron chi connectivity index (χ3n) is 4.50. The van der Waals surface area contributed by atoms with Crippen molar-refractivity contribution in [2.45, 2.75) is 37.3 Å². The van der Waals surface area contributed by atoms with Gasteiger partial charge in [0.1, 0.15) is 0 Å². The van der Waals surface area contributed by atoms with Crippen molar-refractivity contribution in [3.63, 3.8) is 0 Å². The van der Waals surface area contributed by atoms with Gasteiger partial charge in [-0.25, -0.2) is 4.68 Å². The highest BCUT2D eigenvalue weighted by Gasteiger charge is 2.50. The first-order valence-corrected chi connectivity index (χ1v) is 7.78. The van der Waals surface area contributed by atoms with Crippen LogP contribution in [0.25, 0.3) is 0 Å². The molecule has 1 saturated carbocycles. The molecule has 1 aliphatic heterocycles. The highest BCUT2D eigenvalue weighted by molar-refractivity contribution is 5.26. The molecule has 8 heteroatoms. The van der Waals surface area contributed by atoms with Crippen LogP contribution in [0.15, 0.2) is 30.5 Å². The standard InChI is InChI=1S/C16H16F3N3O2/c17-16(18,19)13-3-1-2-11(6-13)9-22-10-14(20-21-22)12-7-15(8-12)23-4-5-24-15/h1-3,6,10,12H,4-5,7-9H2. The van der Waals surface area contributed by atoms with Crippen molar-refractivity contribution in [1.82, 2.24) is 15.0 Å². The van der Waals surface area contributed by atoms with Crippen molar-refractivity contribution in [2.24, 2.45) is 0 Å². The first kappa shape index (κ1) is 15.6. The van der Waals surface area contributed by atoms with Crippen molar-refractivity contribution in [1.29, 1.82) is 0 Å². The van der Waals surface area contributed by atoms with Gasteiger partial charge in [-0.2, -0.15) is 13.2 Å². The van der Waals surface area contributed by atoms with Crippen LogP contribution in [0.1, 0.15) is 35.6 Å². The highest BCUT2D eigenvalue weighted by Crippen LogP contribution is 2.48. The van der Waals surface area contributed by atoms with Gasteiger partial charge in [0, 0.05) is 25.0 Å². The number of halogens is 3. The minimum atomic E-state index is -4.34. The van der Waals surface area contributed by atoms with Crippen molar-refractivity contribution in [2.75, 3.05) is 13.2 Å². The van der Waals surface area contributed by atoms with Gasteiger partial charge in [-0.05, 0) is 17.7 Å². The zero-order valence-electron chi connectivity index (χ0n) is 12.8. The Balaban J connectivity index is 1.43. The number of nitrogens with zero attached hydrogens (tertiary/aromatic N) is 3. The fourth-order valence-corrected chi connectivity index (χ4v) is 3.24. The van der Waals surface area contributed by atoms with E-state index in [1.165, 1.54) is 6.07 Å². The van der Waals surface area contributed by atoms with Crippen LogP contribution in [0.4, 0.5) is 13.2 Å². The maximum Gasteiger partial charge on any atom is 0.416 e. The van der Waals surface area contributed by atoms with E-state index in [9.17, 15) is 13.2 Å². The SMILES string of the molecule is FC(F)(F)c1cccc(Cn2cc(C3CC4(C3)OCCO4)nn2)c1. The summed E-state index contributed by atoms with van der Waals surface area (Å²) in [7, 11) is 0. The molecule has 2 heterocycles. The monoisotopic (exact) mass is 339 g/mol. The molecule has 0 amide bonds. The molecule has 4 rings (SSSR count). The van der Waals surface area contributed by atoms with Gasteiger partial charge in [0.05, 0.1) is 31.0 Å². The van der Waals surface area contributed by atoms with E-state index in [0.29, 0.717) is 18.8 Å². The van der Waals surface area contributed by atoms with E-state index >= 15 is 0 Å². The molecular weight excluding hydrogens is 323 g/mol. The van der Waals surface area contributed by atoms with Gasteiger partial charge in [0.25, 0.3) is 0 Å². The quantitative estimate of drug-likeness (QED) is 0.863. The summed E-state index contributed by atoms with van der Waals surface area (Å²) in [5, 5.41) is 8.16. The molecular formula is C16H16F3N3O2. The number of hydrogen-bond donors (Lipinski definition) is 0. The minimum absolute atomic E-state index is 0.221. The van der Waals surface area contributed by atoms with Gasteiger partial charge < -0.3 is 9.47 Å². The molecule has 1 aliphatic carbocycles. The molecule has 0 bridgehead atoms. The molecule has 0 N–H and O–H groups in total. The Morgan fingerprint density at radius 2 is 1.96 bits per heavy atom. The van der Waals surface area contributed by atoms with Gasteiger partial charge in [-0.15, -0.1) is 5.10 Å². The molecule has 1 saturated heterocycles. The highest BCUT2D eigenvalue weighted by atomic mass is 19.4. The summed E-state index contributed by atoms with van der Waals surface area (Å²) in [6, 6.07) is 5.25. The first-order chi connectivity index (χ1) is 11.4. The van der Waals surface area contributed by atoms with E-state index in [4.69, 9.17) is 9.47 Å². The topological polar surface area (TPSA) is 49.2 Å². The number of ether oxygens (including phenoxy) is 2. The Bertz CT molecular complexity index is 730. The van der Waals surface area contributed by atoms with Crippen LogP contribution in [-0.4, -0.2) is 34.0 Å². The zero-order chi connectivity index (χ0) is 16.8. The molecule has 5 nitrogen and oxygen atoms in total. The number of rotatable bonds is 3. The van der Waals surface area contributed by atoms with Crippen LogP contribution in [-0.2, 0) is 22.2 Å². The summed E-state index contributed by atoms with van der Waals surface area (Å²) in [6.45, 7) is 1.49. The smallest absolute Gasteiger partial charge is 0.347 e. The van der Waals surface area contributed by atoms with Crippen LogP contribution >= 0.6 is 0 Å². The van der Waals surface area contributed by atoms with E-state index < -0.39 is 17.5 Å². The molecule has 1 spiro atoms. The lowest BCUT2D eigenvalue weighted by Gasteiger charge is -2.41. The third kappa shape index (κ3) is 2.91. The van der Waals surface area contributed by atoms with Crippen molar-refractivity contribution in [3.8, 4) is 0 Å². The molecule has 24 heavy (non-hydrogen) atoms. The van der Waals surface area contributed by atoms with Crippen molar-refractivity contribution in [3.05, 3.63) is 47.3 Å².